The molecule has 0 saturated carbocycles. The number of rotatable bonds is 9. The molecular weight excluding hydrogens is 256 g/mol. The molecule has 0 aliphatic rings. The third-order valence-electron chi connectivity index (χ3n) is 3.01. The van der Waals surface area contributed by atoms with E-state index in [2.05, 4.69) is 5.32 Å². The molecule has 0 aliphatic carbocycles. The van der Waals surface area contributed by atoms with Gasteiger partial charge in [-0.1, -0.05) is 0 Å². The lowest BCUT2D eigenvalue weighted by Gasteiger charge is -2.09. The predicted octanol–water partition coefficient (Wildman–Crippen LogP) is 1.49. The topological polar surface area (TPSA) is 73.6 Å². The molecule has 0 saturated heterocycles. The number of benzene rings is 1. The van der Waals surface area contributed by atoms with Crippen molar-refractivity contribution < 1.29 is 14.3 Å². The maximum Gasteiger partial charge on any atom is 0.220 e. The Bertz CT molecular complexity index is 399. The van der Waals surface area contributed by atoms with Gasteiger partial charge in [0.2, 0.25) is 5.91 Å². The second kappa shape index (κ2) is 9.20. The number of hydrogen-bond acceptors (Lipinski definition) is 4. The summed E-state index contributed by atoms with van der Waals surface area (Å²) in [6.07, 6.45) is 2.98. The summed E-state index contributed by atoms with van der Waals surface area (Å²) in [4.78, 5) is 11.7. The van der Waals surface area contributed by atoms with E-state index in [4.69, 9.17) is 15.2 Å². The molecule has 0 unspecified atom stereocenters. The summed E-state index contributed by atoms with van der Waals surface area (Å²) in [7, 11) is 3.23. The number of unbranched alkanes of at least 4 members (excludes halogenated alkanes) is 1. The van der Waals surface area contributed by atoms with E-state index < -0.39 is 0 Å². The lowest BCUT2D eigenvalue weighted by Crippen LogP contribution is -2.25. The summed E-state index contributed by atoms with van der Waals surface area (Å²) in [5.74, 6) is 1.54. The van der Waals surface area contributed by atoms with Gasteiger partial charge in [0, 0.05) is 19.0 Å². The van der Waals surface area contributed by atoms with Crippen LogP contribution < -0.4 is 20.5 Å². The van der Waals surface area contributed by atoms with Crippen molar-refractivity contribution in [2.24, 2.45) is 5.73 Å². The summed E-state index contributed by atoms with van der Waals surface area (Å²) >= 11 is 0. The number of amides is 1. The second-order valence-corrected chi connectivity index (χ2v) is 4.57. The van der Waals surface area contributed by atoms with Crippen LogP contribution in [0.1, 0.15) is 24.8 Å². The van der Waals surface area contributed by atoms with Crippen molar-refractivity contribution in [3.8, 4) is 11.5 Å². The molecule has 3 N–H and O–H groups in total. The highest BCUT2D eigenvalue weighted by molar-refractivity contribution is 5.76. The van der Waals surface area contributed by atoms with E-state index in [1.807, 2.05) is 18.2 Å². The van der Waals surface area contributed by atoms with Crippen LogP contribution in [0.2, 0.25) is 0 Å². The summed E-state index contributed by atoms with van der Waals surface area (Å²) in [5, 5.41) is 2.89. The largest absolute Gasteiger partial charge is 0.497 e. The molecule has 112 valence electrons. The molecule has 1 aromatic rings. The van der Waals surface area contributed by atoms with Crippen molar-refractivity contribution in [3.63, 3.8) is 0 Å². The molecule has 5 nitrogen and oxygen atoms in total. The van der Waals surface area contributed by atoms with Crippen molar-refractivity contribution in [1.29, 1.82) is 0 Å². The van der Waals surface area contributed by atoms with Gasteiger partial charge in [-0.15, -0.1) is 0 Å². The number of carbonyl (C=O) groups is 1. The molecule has 1 rings (SSSR count). The molecule has 0 spiro atoms. The predicted molar refractivity (Wildman–Crippen MR) is 79.2 cm³/mol. The molecule has 0 fully saturated rings. The van der Waals surface area contributed by atoms with Gasteiger partial charge in [0.25, 0.3) is 0 Å². The van der Waals surface area contributed by atoms with Crippen LogP contribution in [0.4, 0.5) is 0 Å². The van der Waals surface area contributed by atoms with Gasteiger partial charge in [-0.3, -0.25) is 4.79 Å². The molecule has 0 radical (unpaired) electrons. The molecule has 20 heavy (non-hydrogen) atoms. The Morgan fingerprint density at radius 3 is 2.35 bits per heavy atom. The van der Waals surface area contributed by atoms with E-state index in [1.165, 1.54) is 0 Å². The van der Waals surface area contributed by atoms with E-state index in [0.29, 0.717) is 25.9 Å². The number of carbonyl (C=O) groups excluding carboxylic acids is 1. The van der Waals surface area contributed by atoms with Gasteiger partial charge in [-0.05, 0) is 43.5 Å². The Morgan fingerprint density at radius 2 is 1.80 bits per heavy atom. The smallest absolute Gasteiger partial charge is 0.220 e. The van der Waals surface area contributed by atoms with Gasteiger partial charge in [0.05, 0.1) is 14.2 Å². The fourth-order valence-electron chi connectivity index (χ4n) is 1.85. The molecule has 5 heteroatoms. The minimum atomic E-state index is 0.0591. The summed E-state index contributed by atoms with van der Waals surface area (Å²) in [5.41, 5.74) is 6.42. The van der Waals surface area contributed by atoms with Crippen LogP contribution in [0.15, 0.2) is 18.2 Å². The highest BCUT2D eigenvalue weighted by atomic mass is 16.5. The van der Waals surface area contributed by atoms with E-state index in [1.54, 1.807) is 14.2 Å². The van der Waals surface area contributed by atoms with Crippen molar-refractivity contribution in [1.82, 2.24) is 5.32 Å². The molecule has 1 amide bonds. The number of hydrogen-bond donors (Lipinski definition) is 2. The third-order valence-corrected chi connectivity index (χ3v) is 3.01. The Morgan fingerprint density at radius 1 is 1.15 bits per heavy atom. The van der Waals surface area contributed by atoms with Crippen LogP contribution in [0, 0.1) is 0 Å². The van der Waals surface area contributed by atoms with E-state index in [9.17, 15) is 4.79 Å². The molecule has 0 bridgehead atoms. The zero-order valence-electron chi connectivity index (χ0n) is 12.3. The zero-order chi connectivity index (χ0) is 14.8. The Labute approximate surface area is 120 Å². The van der Waals surface area contributed by atoms with E-state index in [-0.39, 0.29) is 5.91 Å². The second-order valence-electron chi connectivity index (χ2n) is 4.57. The lowest BCUT2D eigenvalue weighted by atomic mass is 10.1. The lowest BCUT2D eigenvalue weighted by molar-refractivity contribution is -0.121. The number of nitrogens with two attached hydrogens (primary N) is 1. The normalized spacial score (nSPS) is 10.2. The van der Waals surface area contributed by atoms with Crippen molar-refractivity contribution in [3.05, 3.63) is 23.8 Å². The van der Waals surface area contributed by atoms with Crippen molar-refractivity contribution in [2.45, 2.75) is 25.7 Å². The van der Waals surface area contributed by atoms with Gasteiger partial charge in [-0.25, -0.2) is 0 Å². The van der Waals surface area contributed by atoms with Gasteiger partial charge < -0.3 is 20.5 Å². The van der Waals surface area contributed by atoms with Crippen LogP contribution in [-0.4, -0.2) is 33.2 Å². The average Bonchev–Trinajstić information content (AvgIpc) is 2.49. The average molecular weight is 280 g/mol. The first-order chi connectivity index (χ1) is 9.69. The van der Waals surface area contributed by atoms with Crippen LogP contribution in [0.5, 0.6) is 11.5 Å². The van der Waals surface area contributed by atoms with Gasteiger partial charge in [-0.2, -0.15) is 0 Å². The molecule has 0 aromatic heterocycles. The first-order valence-electron chi connectivity index (χ1n) is 6.88. The Kier molecular flexibility index (Phi) is 7.50. The van der Waals surface area contributed by atoms with Crippen LogP contribution in [0.25, 0.3) is 0 Å². The summed E-state index contributed by atoms with van der Waals surface area (Å²) in [6, 6.07) is 5.66. The summed E-state index contributed by atoms with van der Waals surface area (Å²) < 4.78 is 10.4. The molecular formula is C15H24N2O3. The number of ether oxygens (including phenoxy) is 2. The highest BCUT2D eigenvalue weighted by Crippen LogP contribution is 2.23. The minimum absolute atomic E-state index is 0.0591. The third kappa shape index (κ3) is 5.93. The Hall–Kier alpha value is -1.75. The first-order valence-corrected chi connectivity index (χ1v) is 6.88. The fraction of sp³-hybridized carbons (Fsp3) is 0.533. The standard InChI is InChI=1S/C15H24N2O3/c1-19-13-9-12(10-14(11-13)20-2)5-6-15(18)17-8-4-3-7-16/h9-11H,3-8,16H2,1-2H3,(H,17,18). The monoisotopic (exact) mass is 280 g/mol. The maximum atomic E-state index is 11.7. The number of methoxy groups -OCH3 is 2. The molecule has 0 heterocycles. The molecule has 1 aromatic carbocycles. The van der Waals surface area contributed by atoms with Crippen molar-refractivity contribution >= 4 is 5.91 Å². The van der Waals surface area contributed by atoms with Gasteiger partial charge in [0.15, 0.2) is 0 Å². The van der Waals surface area contributed by atoms with Crippen LogP contribution in [0.3, 0.4) is 0 Å². The van der Waals surface area contributed by atoms with E-state index >= 15 is 0 Å². The van der Waals surface area contributed by atoms with Gasteiger partial charge >= 0.3 is 0 Å². The van der Waals surface area contributed by atoms with Crippen molar-refractivity contribution in [2.75, 3.05) is 27.3 Å². The quantitative estimate of drug-likeness (QED) is 0.672. The summed E-state index contributed by atoms with van der Waals surface area (Å²) in [6.45, 7) is 1.36. The number of nitrogens with one attached hydrogen (secondary N) is 1. The van der Waals surface area contributed by atoms with Crippen LogP contribution >= 0.6 is 0 Å². The zero-order valence-corrected chi connectivity index (χ0v) is 12.3. The molecule has 0 aliphatic heterocycles. The minimum Gasteiger partial charge on any atom is -0.497 e. The van der Waals surface area contributed by atoms with Crippen LogP contribution in [-0.2, 0) is 11.2 Å². The Balaban J connectivity index is 2.42. The maximum absolute atomic E-state index is 11.7. The SMILES string of the molecule is COc1cc(CCC(=O)NCCCCN)cc(OC)c1. The fourth-order valence-corrected chi connectivity index (χ4v) is 1.85. The molecule has 0 atom stereocenters. The number of aryl methyl sites for hydroxylation is 1. The highest BCUT2D eigenvalue weighted by Gasteiger charge is 2.05. The first kappa shape index (κ1) is 16.3. The van der Waals surface area contributed by atoms with E-state index in [0.717, 1.165) is 29.9 Å². The van der Waals surface area contributed by atoms with Gasteiger partial charge in [0.1, 0.15) is 11.5 Å².